The van der Waals surface area contributed by atoms with Crippen molar-refractivity contribution < 1.29 is 19.4 Å². The van der Waals surface area contributed by atoms with Crippen LogP contribution in [-0.2, 0) is 4.74 Å². The molecule has 0 atom stereocenters. The molecule has 2 rings (SSSR count). The molecule has 2 aromatic rings. The molecule has 1 aromatic heterocycles. The number of methoxy groups -OCH3 is 2. The number of benzene rings is 1. The Morgan fingerprint density at radius 3 is 2.63 bits per heavy atom. The van der Waals surface area contributed by atoms with Gasteiger partial charge in [0.25, 0.3) is 0 Å². The van der Waals surface area contributed by atoms with Crippen LogP contribution in [0.25, 0.3) is 11.3 Å². The maximum Gasteiger partial charge on any atom is 0.356 e. The van der Waals surface area contributed by atoms with Crippen LogP contribution in [0.2, 0.25) is 0 Å². The quantitative estimate of drug-likeness (QED) is 0.856. The van der Waals surface area contributed by atoms with Gasteiger partial charge in [-0.2, -0.15) is 0 Å². The van der Waals surface area contributed by atoms with Crippen molar-refractivity contribution in [1.82, 2.24) is 4.98 Å². The van der Waals surface area contributed by atoms with Gasteiger partial charge in [-0.15, -0.1) is 0 Å². The number of nitrogens with zero attached hydrogens (tertiary/aromatic N) is 1. The zero-order valence-corrected chi connectivity index (χ0v) is 10.6. The number of aromatic hydroxyl groups is 1. The van der Waals surface area contributed by atoms with Crippen molar-refractivity contribution in [3.63, 3.8) is 0 Å². The van der Waals surface area contributed by atoms with Crippen LogP contribution in [0.1, 0.15) is 10.5 Å². The van der Waals surface area contributed by atoms with E-state index in [0.29, 0.717) is 17.0 Å². The predicted molar refractivity (Wildman–Crippen MR) is 69.2 cm³/mol. The van der Waals surface area contributed by atoms with Crippen molar-refractivity contribution in [2.24, 2.45) is 0 Å². The first-order valence-corrected chi connectivity index (χ1v) is 5.58. The van der Waals surface area contributed by atoms with Crippen LogP contribution < -0.4 is 4.74 Å². The molecular weight excluding hydrogens is 246 g/mol. The number of phenols is 1. The van der Waals surface area contributed by atoms with Gasteiger partial charge in [0.15, 0.2) is 5.69 Å². The highest BCUT2D eigenvalue weighted by molar-refractivity contribution is 5.88. The number of hydrogen-bond donors (Lipinski definition) is 1. The van der Waals surface area contributed by atoms with Gasteiger partial charge in [0, 0.05) is 17.7 Å². The lowest BCUT2D eigenvalue weighted by molar-refractivity contribution is 0.0593. The fourth-order valence-corrected chi connectivity index (χ4v) is 1.65. The van der Waals surface area contributed by atoms with E-state index >= 15 is 0 Å². The van der Waals surface area contributed by atoms with Crippen LogP contribution in [-0.4, -0.2) is 30.3 Å². The highest BCUT2D eigenvalue weighted by Gasteiger charge is 2.12. The minimum absolute atomic E-state index is 0.127. The van der Waals surface area contributed by atoms with E-state index in [1.165, 1.54) is 20.3 Å². The van der Waals surface area contributed by atoms with Gasteiger partial charge < -0.3 is 14.6 Å². The van der Waals surface area contributed by atoms with Crippen molar-refractivity contribution in [2.45, 2.75) is 0 Å². The summed E-state index contributed by atoms with van der Waals surface area (Å²) < 4.78 is 9.78. The first-order chi connectivity index (χ1) is 9.13. The van der Waals surface area contributed by atoms with E-state index in [0.717, 1.165) is 0 Å². The summed E-state index contributed by atoms with van der Waals surface area (Å²) in [6.45, 7) is 0. The van der Waals surface area contributed by atoms with Crippen molar-refractivity contribution in [2.75, 3.05) is 14.2 Å². The van der Waals surface area contributed by atoms with E-state index in [2.05, 4.69) is 9.72 Å². The van der Waals surface area contributed by atoms with E-state index in [9.17, 15) is 9.90 Å². The summed E-state index contributed by atoms with van der Waals surface area (Å²) in [5.74, 6) is 0.0794. The Morgan fingerprint density at radius 2 is 2.00 bits per heavy atom. The van der Waals surface area contributed by atoms with Crippen LogP contribution in [0.3, 0.4) is 0 Å². The Kier molecular flexibility index (Phi) is 3.66. The lowest BCUT2D eigenvalue weighted by atomic mass is 10.1. The van der Waals surface area contributed by atoms with Gasteiger partial charge in [-0.3, -0.25) is 0 Å². The normalized spacial score (nSPS) is 10.0. The summed E-state index contributed by atoms with van der Waals surface area (Å²) in [5.41, 5.74) is 1.36. The largest absolute Gasteiger partial charge is 0.508 e. The number of carbonyl (C=O) groups is 1. The molecule has 0 amide bonds. The molecular formula is C14H13NO4. The van der Waals surface area contributed by atoms with Crippen molar-refractivity contribution in [3.05, 3.63) is 42.1 Å². The molecule has 0 saturated heterocycles. The zero-order chi connectivity index (χ0) is 13.8. The Balaban J connectivity index is 2.53. The topological polar surface area (TPSA) is 68.7 Å². The van der Waals surface area contributed by atoms with Crippen LogP contribution in [0.15, 0.2) is 36.4 Å². The molecule has 0 aliphatic carbocycles. The second kappa shape index (κ2) is 5.39. The Bertz CT molecular complexity index is 610. The lowest BCUT2D eigenvalue weighted by Gasteiger charge is -2.07. The molecule has 0 bridgehead atoms. The van der Waals surface area contributed by atoms with Crippen molar-refractivity contribution in [3.8, 4) is 22.8 Å². The van der Waals surface area contributed by atoms with E-state index in [-0.39, 0.29) is 11.4 Å². The fourth-order valence-electron chi connectivity index (χ4n) is 1.65. The fraction of sp³-hybridized carbons (Fsp3) is 0.143. The molecule has 0 saturated carbocycles. The van der Waals surface area contributed by atoms with Gasteiger partial charge in [-0.05, 0) is 12.1 Å². The smallest absolute Gasteiger partial charge is 0.356 e. The molecule has 0 fully saturated rings. The molecule has 1 N–H and O–H groups in total. The third-order valence-electron chi connectivity index (χ3n) is 2.57. The second-order valence-corrected chi connectivity index (χ2v) is 3.82. The molecule has 5 heteroatoms. The SMILES string of the molecule is COC(=O)c1cc(OC)cc(-c2cccc(O)c2)n1. The molecule has 0 unspecified atom stereocenters. The van der Waals surface area contributed by atoms with Crippen LogP contribution in [0.4, 0.5) is 0 Å². The van der Waals surface area contributed by atoms with Crippen LogP contribution >= 0.6 is 0 Å². The monoisotopic (exact) mass is 259 g/mol. The van der Waals surface area contributed by atoms with Gasteiger partial charge in [0.05, 0.1) is 19.9 Å². The number of ether oxygens (including phenoxy) is 2. The van der Waals surface area contributed by atoms with Crippen molar-refractivity contribution in [1.29, 1.82) is 0 Å². The van der Waals surface area contributed by atoms with E-state index in [4.69, 9.17) is 4.74 Å². The lowest BCUT2D eigenvalue weighted by Crippen LogP contribution is -2.05. The van der Waals surface area contributed by atoms with Gasteiger partial charge in [0.2, 0.25) is 0 Å². The molecule has 0 spiro atoms. The first-order valence-electron chi connectivity index (χ1n) is 5.58. The summed E-state index contributed by atoms with van der Waals surface area (Å²) in [6, 6.07) is 9.78. The summed E-state index contributed by atoms with van der Waals surface area (Å²) in [5, 5.41) is 9.47. The summed E-state index contributed by atoms with van der Waals surface area (Å²) in [4.78, 5) is 15.7. The number of carbonyl (C=O) groups excluding carboxylic acids is 1. The van der Waals surface area contributed by atoms with Gasteiger partial charge >= 0.3 is 5.97 Å². The highest BCUT2D eigenvalue weighted by atomic mass is 16.5. The molecule has 1 aromatic carbocycles. The third-order valence-corrected chi connectivity index (χ3v) is 2.57. The average Bonchev–Trinajstić information content (AvgIpc) is 2.45. The summed E-state index contributed by atoms with van der Waals surface area (Å²) >= 11 is 0. The Labute approximate surface area is 110 Å². The number of esters is 1. The minimum Gasteiger partial charge on any atom is -0.508 e. The molecule has 1 heterocycles. The molecule has 0 aliphatic heterocycles. The third kappa shape index (κ3) is 2.82. The van der Waals surface area contributed by atoms with Gasteiger partial charge in [-0.25, -0.2) is 9.78 Å². The van der Waals surface area contributed by atoms with E-state index in [1.54, 1.807) is 30.3 Å². The highest BCUT2D eigenvalue weighted by Crippen LogP contribution is 2.25. The van der Waals surface area contributed by atoms with Crippen LogP contribution in [0, 0.1) is 0 Å². The Morgan fingerprint density at radius 1 is 1.21 bits per heavy atom. The molecule has 5 nitrogen and oxygen atoms in total. The molecule has 98 valence electrons. The number of phenolic OH excluding ortho intramolecular Hbond substituents is 1. The summed E-state index contributed by atoms with van der Waals surface area (Å²) in [7, 11) is 2.79. The minimum atomic E-state index is -0.541. The standard InChI is InChI=1S/C14H13NO4/c1-18-11-7-12(9-4-3-5-10(16)6-9)15-13(8-11)14(17)19-2/h3-8,16H,1-2H3. The maximum absolute atomic E-state index is 11.5. The number of aromatic nitrogens is 1. The Hall–Kier alpha value is -2.56. The average molecular weight is 259 g/mol. The van der Waals surface area contributed by atoms with Gasteiger partial charge in [0.1, 0.15) is 11.5 Å². The molecule has 0 aliphatic rings. The number of rotatable bonds is 3. The first kappa shape index (κ1) is 12.9. The molecule has 19 heavy (non-hydrogen) atoms. The molecule has 0 radical (unpaired) electrons. The van der Waals surface area contributed by atoms with Crippen LogP contribution in [0.5, 0.6) is 11.5 Å². The zero-order valence-electron chi connectivity index (χ0n) is 10.6. The van der Waals surface area contributed by atoms with E-state index in [1.807, 2.05) is 0 Å². The van der Waals surface area contributed by atoms with Gasteiger partial charge in [-0.1, -0.05) is 12.1 Å². The maximum atomic E-state index is 11.5. The van der Waals surface area contributed by atoms with Crippen molar-refractivity contribution >= 4 is 5.97 Å². The number of pyridine rings is 1. The van der Waals surface area contributed by atoms with E-state index < -0.39 is 5.97 Å². The second-order valence-electron chi connectivity index (χ2n) is 3.82. The summed E-state index contributed by atoms with van der Waals surface area (Å²) in [6.07, 6.45) is 0. The predicted octanol–water partition coefficient (Wildman–Crippen LogP) is 2.25. The number of hydrogen-bond acceptors (Lipinski definition) is 5.